The molecule has 1 aliphatic rings. The van der Waals surface area contributed by atoms with Crippen LogP contribution in [0.2, 0.25) is 0 Å². The van der Waals surface area contributed by atoms with Gasteiger partial charge >= 0.3 is 0 Å². The third-order valence-electron chi connectivity index (χ3n) is 3.75. The van der Waals surface area contributed by atoms with Gasteiger partial charge in [0.15, 0.2) is 0 Å². The fourth-order valence-electron chi connectivity index (χ4n) is 2.58. The van der Waals surface area contributed by atoms with Crippen LogP contribution in [0.5, 0.6) is 0 Å². The molecule has 3 rings (SSSR count). The van der Waals surface area contributed by atoms with Gasteiger partial charge in [0.1, 0.15) is 10.7 Å². The third kappa shape index (κ3) is 3.44. The highest BCUT2D eigenvalue weighted by molar-refractivity contribution is 7.09. The van der Waals surface area contributed by atoms with E-state index in [0.717, 1.165) is 17.2 Å². The minimum absolute atomic E-state index is 0.0442. The van der Waals surface area contributed by atoms with Crippen LogP contribution in [-0.4, -0.2) is 56.2 Å². The van der Waals surface area contributed by atoms with Crippen molar-refractivity contribution in [1.82, 2.24) is 24.6 Å². The van der Waals surface area contributed by atoms with Gasteiger partial charge in [-0.15, -0.1) is 11.3 Å². The fourth-order valence-corrected chi connectivity index (χ4v) is 3.47. The van der Waals surface area contributed by atoms with E-state index in [1.54, 1.807) is 11.8 Å². The minimum atomic E-state index is -0.593. The number of carbonyl (C=O) groups is 1. The Balaban J connectivity index is 1.72. The van der Waals surface area contributed by atoms with Crippen LogP contribution >= 0.6 is 11.3 Å². The molecule has 0 spiro atoms. The smallest absolute Gasteiger partial charge is 0.273 e. The molecule has 0 saturated carbocycles. The number of fused-ring (bicyclic) bond motifs is 1. The van der Waals surface area contributed by atoms with E-state index in [2.05, 4.69) is 10.1 Å². The second-order valence-corrected chi connectivity index (χ2v) is 6.99. The van der Waals surface area contributed by atoms with Gasteiger partial charge in [0.25, 0.3) is 5.91 Å². The number of aromatic nitrogens is 3. The van der Waals surface area contributed by atoms with E-state index < -0.39 is 6.10 Å². The molecule has 0 radical (unpaired) electrons. The first kappa shape index (κ1) is 16.1. The number of aliphatic hydroxyl groups is 1. The zero-order chi connectivity index (χ0) is 16.6. The van der Waals surface area contributed by atoms with Crippen LogP contribution < -0.4 is 0 Å². The van der Waals surface area contributed by atoms with Gasteiger partial charge in [-0.3, -0.25) is 9.48 Å². The maximum absolute atomic E-state index is 12.6. The molecule has 0 fully saturated rings. The predicted octanol–water partition coefficient (Wildman–Crippen LogP) is 1.11. The highest BCUT2D eigenvalue weighted by Crippen LogP contribution is 2.20. The third-order valence-corrected chi connectivity index (χ3v) is 4.59. The van der Waals surface area contributed by atoms with Gasteiger partial charge in [-0.05, 0) is 27.1 Å². The molecular weight excluding hydrogens is 314 g/mol. The molecule has 3 heterocycles. The summed E-state index contributed by atoms with van der Waals surface area (Å²) in [5.41, 5.74) is 2.11. The summed E-state index contributed by atoms with van der Waals surface area (Å²) in [6.45, 7) is 4.18. The highest BCUT2D eigenvalue weighted by atomic mass is 32.1. The van der Waals surface area contributed by atoms with Gasteiger partial charge in [-0.1, -0.05) is 0 Å². The minimum Gasteiger partial charge on any atom is -0.387 e. The number of hydrogen-bond donors (Lipinski definition) is 1. The Labute approximate surface area is 139 Å². The number of hydrogen-bond acceptors (Lipinski definition) is 6. The second kappa shape index (κ2) is 6.38. The molecule has 7 nitrogen and oxygen atoms in total. The Hall–Kier alpha value is -1.77. The molecule has 124 valence electrons. The van der Waals surface area contributed by atoms with E-state index in [4.69, 9.17) is 0 Å². The van der Waals surface area contributed by atoms with E-state index in [1.807, 2.05) is 35.1 Å². The molecule has 0 aromatic carbocycles. The van der Waals surface area contributed by atoms with Crippen molar-refractivity contribution in [2.75, 3.05) is 20.6 Å². The van der Waals surface area contributed by atoms with Crippen LogP contribution in [0.4, 0.5) is 0 Å². The van der Waals surface area contributed by atoms with Crippen LogP contribution in [0.25, 0.3) is 0 Å². The summed E-state index contributed by atoms with van der Waals surface area (Å²) in [6, 6.07) is 1.86. The molecule has 8 heteroatoms. The normalized spacial score (nSPS) is 15.8. The Bertz CT molecular complexity index is 707. The van der Waals surface area contributed by atoms with Crippen molar-refractivity contribution in [1.29, 1.82) is 0 Å². The van der Waals surface area contributed by atoms with E-state index in [-0.39, 0.29) is 5.91 Å². The summed E-state index contributed by atoms with van der Waals surface area (Å²) >= 11 is 1.51. The van der Waals surface area contributed by atoms with Crippen molar-refractivity contribution < 1.29 is 9.90 Å². The van der Waals surface area contributed by atoms with Gasteiger partial charge in [-0.25, -0.2) is 4.98 Å². The standard InChI is InChI=1S/C15H21N5O2S/c1-10(21)12-6-11-7-19(4-5-20(11)17-12)15(22)13-9-23-14(16-13)8-18(2)3/h6,9-10,21H,4-5,7-8H2,1-3H3. The monoisotopic (exact) mass is 335 g/mol. The molecular formula is C15H21N5O2S. The molecule has 1 unspecified atom stereocenters. The molecule has 23 heavy (non-hydrogen) atoms. The fraction of sp³-hybridized carbons (Fsp3) is 0.533. The Kier molecular flexibility index (Phi) is 4.47. The summed E-state index contributed by atoms with van der Waals surface area (Å²) in [5.74, 6) is -0.0442. The molecule has 1 atom stereocenters. The van der Waals surface area contributed by atoms with Gasteiger partial charge in [-0.2, -0.15) is 5.10 Å². The Morgan fingerprint density at radius 2 is 2.26 bits per heavy atom. The van der Waals surface area contributed by atoms with E-state index in [0.29, 0.717) is 31.0 Å². The van der Waals surface area contributed by atoms with Gasteiger partial charge < -0.3 is 14.9 Å². The van der Waals surface area contributed by atoms with Crippen LogP contribution in [0.1, 0.15) is 39.9 Å². The number of carbonyl (C=O) groups excluding carboxylic acids is 1. The van der Waals surface area contributed by atoms with Crippen molar-refractivity contribution in [2.24, 2.45) is 0 Å². The number of nitrogens with zero attached hydrogens (tertiary/aromatic N) is 5. The first-order valence-electron chi connectivity index (χ1n) is 7.57. The average Bonchev–Trinajstić information content (AvgIpc) is 3.11. The van der Waals surface area contributed by atoms with Crippen LogP contribution in [-0.2, 0) is 19.6 Å². The summed E-state index contributed by atoms with van der Waals surface area (Å²) in [4.78, 5) is 20.9. The Morgan fingerprint density at radius 1 is 1.48 bits per heavy atom. The Morgan fingerprint density at radius 3 is 2.96 bits per heavy atom. The van der Waals surface area contributed by atoms with Gasteiger partial charge in [0, 0.05) is 18.5 Å². The van der Waals surface area contributed by atoms with Crippen molar-refractivity contribution >= 4 is 17.2 Å². The van der Waals surface area contributed by atoms with Gasteiger partial charge in [0.2, 0.25) is 0 Å². The first-order chi connectivity index (χ1) is 10.9. The second-order valence-electron chi connectivity index (χ2n) is 6.05. The molecule has 2 aromatic heterocycles. The van der Waals surface area contributed by atoms with Crippen molar-refractivity contribution in [2.45, 2.75) is 32.7 Å². The number of rotatable bonds is 4. The first-order valence-corrected chi connectivity index (χ1v) is 8.45. The van der Waals surface area contributed by atoms with E-state index in [9.17, 15) is 9.90 Å². The topological polar surface area (TPSA) is 74.5 Å². The van der Waals surface area contributed by atoms with Gasteiger partial charge in [0.05, 0.1) is 30.6 Å². The number of aliphatic hydroxyl groups excluding tert-OH is 1. The summed E-state index contributed by atoms with van der Waals surface area (Å²) in [5, 5.41) is 16.8. The van der Waals surface area contributed by atoms with Crippen molar-refractivity contribution in [3.8, 4) is 0 Å². The predicted molar refractivity (Wildman–Crippen MR) is 87.1 cm³/mol. The maximum atomic E-state index is 12.6. The quantitative estimate of drug-likeness (QED) is 0.906. The molecule has 0 aliphatic carbocycles. The molecule has 1 amide bonds. The molecule has 1 aliphatic heterocycles. The zero-order valence-electron chi connectivity index (χ0n) is 13.6. The van der Waals surface area contributed by atoms with Crippen LogP contribution in [0.3, 0.4) is 0 Å². The molecule has 0 bridgehead atoms. The lowest BCUT2D eigenvalue weighted by atomic mass is 10.2. The summed E-state index contributed by atoms with van der Waals surface area (Å²) in [7, 11) is 3.96. The van der Waals surface area contributed by atoms with E-state index >= 15 is 0 Å². The highest BCUT2D eigenvalue weighted by Gasteiger charge is 2.25. The average molecular weight is 335 g/mol. The molecule has 0 saturated heterocycles. The van der Waals surface area contributed by atoms with Crippen LogP contribution in [0, 0.1) is 0 Å². The SMILES string of the molecule is CC(O)c1cc2n(n1)CCN(C(=O)c1csc(CN(C)C)n1)C2. The lowest BCUT2D eigenvalue weighted by molar-refractivity contribution is 0.0700. The zero-order valence-corrected chi connectivity index (χ0v) is 14.4. The summed E-state index contributed by atoms with van der Waals surface area (Å²) < 4.78 is 1.87. The van der Waals surface area contributed by atoms with Crippen molar-refractivity contribution in [3.05, 3.63) is 33.5 Å². The summed E-state index contributed by atoms with van der Waals surface area (Å²) in [6.07, 6.45) is -0.593. The molecule has 1 N–H and O–H groups in total. The lowest BCUT2D eigenvalue weighted by Crippen LogP contribution is -2.38. The van der Waals surface area contributed by atoms with Crippen molar-refractivity contribution in [3.63, 3.8) is 0 Å². The van der Waals surface area contributed by atoms with E-state index in [1.165, 1.54) is 11.3 Å². The largest absolute Gasteiger partial charge is 0.387 e. The lowest BCUT2D eigenvalue weighted by Gasteiger charge is -2.27. The molecule has 2 aromatic rings. The number of amides is 1. The maximum Gasteiger partial charge on any atom is 0.273 e. The van der Waals surface area contributed by atoms with Crippen LogP contribution in [0.15, 0.2) is 11.4 Å². The number of thiazole rings is 1.